The Bertz CT molecular complexity index is 1400. The van der Waals surface area contributed by atoms with Crippen molar-refractivity contribution < 1.29 is 24.0 Å². The van der Waals surface area contributed by atoms with Gasteiger partial charge in [0.1, 0.15) is 6.04 Å². The molecule has 4 heterocycles. The fourth-order valence-corrected chi connectivity index (χ4v) is 6.26. The van der Waals surface area contributed by atoms with Gasteiger partial charge in [-0.3, -0.25) is 34.2 Å². The third kappa shape index (κ3) is 5.29. The fraction of sp³-hybridized carbons (Fsp3) is 0.433. The van der Waals surface area contributed by atoms with E-state index in [-0.39, 0.29) is 35.8 Å². The van der Waals surface area contributed by atoms with Gasteiger partial charge in [-0.15, -0.1) is 0 Å². The molecule has 4 aliphatic rings. The minimum atomic E-state index is -0.985. The molecule has 4 aliphatic heterocycles. The molecule has 0 aliphatic carbocycles. The van der Waals surface area contributed by atoms with Crippen LogP contribution in [-0.4, -0.2) is 79.7 Å². The van der Waals surface area contributed by atoms with E-state index in [0.29, 0.717) is 32.5 Å². The van der Waals surface area contributed by atoms with Crippen LogP contribution in [0.3, 0.4) is 0 Å². The smallest absolute Gasteiger partial charge is 0.262 e. The SMILES string of the molecule is O=C1CCC(N2C(=O)c3ccc(N4CCC(C(=O)NCc5ccccc5N5CCNCC5)CC4)cc3C2=O)C(=O)N1. The average molecular weight is 559 g/mol. The zero-order chi connectivity index (χ0) is 28.5. The van der Waals surface area contributed by atoms with Crippen LogP contribution in [0.15, 0.2) is 42.5 Å². The quantitative estimate of drug-likeness (QED) is 0.448. The van der Waals surface area contributed by atoms with Crippen molar-refractivity contribution in [1.82, 2.24) is 20.9 Å². The maximum Gasteiger partial charge on any atom is 0.262 e. The Kier molecular flexibility index (Phi) is 7.44. The van der Waals surface area contributed by atoms with E-state index >= 15 is 0 Å². The van der Waals surface area contributed by atoms with Gasteiger partial charge in [0.25, 0.3) is 11.8 Å². The third-order valence-electron chi connectivity index (χ3n) is 8.56. The maximum atomic E-state index is 13.2. The number of anilines is 2. The second-order valence-corrected chi connectivity index (χ2v) is 11.0. The van der Waals surface area contributed by atoms with Crippen LogP contribution in [0.25, 0.3) is 0 Å². The number of piperidine rings is 2. The van der Waals surface area contributed by atoms with Gasteiger partial charge in [0.2, 0.25) is 17.7 Å². The number of carbonyl (C=O) groups is 5. The lowest BCUT2D eigenvalue weighted by molar-refractivity contribution is -0.136. The molecule has 2 aromatic rings. The van der Waals surface area contributed by atoms with Gasteiger partial charge in [0.15, 0.2) is 0 Å². The number of piperazine rings is 1. The van der Waals surface area contributed by atoms with Gasteiger partial charge in [-0.05, 0) is 49.1 Å². The van der Waals surface area contributed by atoms with Crippen molar-refractivity contribution >= 4 is 40.9 Å². The van der Waals surface area contributed by atoms with E-state index in [4.69, 9.17) is 0 Å². The summed E-state index contributed by atoms with van der Waals surface area (Å²) in [7, 11) is 0. The Labute approximate surface area is 238 Å². The second kappa shape index (κ2) is 11.3. The van der Waals surface area contributed by atoms with E-state index < -0.39 is 29.7 Å². The Morgan fingerprint density at radius 3 is 2.34 bits per heavy atom. The van der Waals surface area contributed by atoms with E-state index in [0.717, 1.165) is 42.3 Å². The molecule has 11 nitrogen and oxygen atoms in total. The first kappa shape index (κ1) is 26.9. The Balaban J connectivity index is 1.06. The second-order valence-electron chi connectivity index (χ2n) is 11.0. The van der Waals surface area contributed by atoms with Crippen LogP contribution >= 0.6 is 0 Å². The summed E-state index contributed by atoms with van der Waals surface area (Å²) >= 11 is 0. The van der Waals surface area contributed by atoms with Crippen molar-refractivity contribution in [3.05, 3.63) is 59.2 Å². The molecule has 0 spiro atoms. The highest BCUT2D eigenvalue weighted by Gasteiger charge is 2.44. The van der Waals surface area contributed by atoms with Gasteiger partial charge in [0, 0.05) is 69.5 Å². The zero-order valence-electron chi connectivity index (χ0n) is 22.9. The number of nitrogens with zero attached hydrogens (tertiary/aromatic N) is 3. The summed E-state index contributed by atoms with van der Waals surface area (Å²) in [5, 5.41) is 8.74. The molecule has 5 amide bonds. The number of imide groups is 2. The molecule has 3 fully saturated rings. The molecule has 0 bridgehead atoms. The standard InChI is InChI=1S/C30H34N6O5/c37-26-8-7-25(28(39)33-26)36-29(40)22-6-5-21(17-23(22)30(36)41)34-13-9-19(10-14-34)27(38)32-18-20-3-1-2-4-24(20)35-15-11-31-12-16-35/h1-6,17,19,25,31H,7-16,18H2,(H,32,38)(H,33,37,39). The van der Waals surface area contributed by atoms with E-state index in [2.05, 4.69) is 37.9 Å². The van der Waals surface area contributed by atoms with Gasteiger partial charge in [-0.1, -0.05) is 18.2 Å². The molecular formula is C30H34N6O5. The van der Waals surface area contributed by atoms with Crippen LogP contribution in [0, 0.1) is 5.92 Å². The maximum absolute atomic E-state index is 13.2. The average Bonchev–Trinajstić information content (AvgIpc) is 3.25. The molecule has 1 atom stereocenters. The first-order valence-corrected chi connectivity index (χ1v) is 14.3. The summed E-state index contributed by atoms with van der Waals surface area (Å²) in [6.45, 7) is 5.57. The van der Waals surface area contributed by atoms with Crippen molar-refractivity contribution in [3.63, 3.8) is 0 Å². The van der Waals surface area contributed by atoms with Gasteiger partial charge in [0.05, 0.1) is 11.1 Å². The number of fused-ring (bicyclic) bond motifs is 1. The number of nitrogens with one attached hydrogen (secondary N) is 3. The molecule has 11 heteroatoms. The lowest BCUT2D eigenvalue weighted by atomic mass is 9.95. The van der Waals surface area contributed by atoms with E-state index in [1.807, 2.05) is 18.2 Å². The topological polar surface area (TPSA) is 131 Å². The Hall–Kier alpha value is -4.25. The predicted octanol–water partition coefficient (Wildman–Crippen LogP) is 1.03. The molecule has 2 aromatic carbocycles. The van der Waals surface area contributed by atoms with Gasteiger partial charge in [-0.25, -0.2) is 0 Å². The number of hydrogen-bond donors (Lipinski definition) is 3. The van der Waals surface area contributed by atoms with Gasteiger partial charge in [-0.2, -0.15) is 0 Å². The number of amides is 5. The lowest BCUT2D eigenvalue weighted by Crippen LogP contribution is -2.54. The summed E-state index contributed by atoms with van der Waals surface area (Å²) in [5.74, 6) is -2.10. The first-order chi connectivity index (χ1) is 19.9. The minimum Gasteiger partial charge on any atom is -0.371 e. The van der Waals surface area contributed by atoms with Crippen LogP contribution < -0.4 is 25.8 Å². The van der Waals surface area contributed by atoms with E-state index in [1.54, 1.807) is 12.1 Å². The molecule has 1 unspecified atom stereocenters. The zero-order valence-corrected chi connectivity index (χ0v) is 22.9. The van der Waals surface area contributed by atoms with Crippen molar-refractivity contribution in [3.8, 4) is 0 Å². The monoisotopic (exact) mass is 558 g/mol. The molecule has 0 aromatic heterocycles. The molecular weight excluding hydrogens is 524 g/mol. The molecule has 6 rings (SSSR count). The normalized spacial score (nSPS) is 21.7. The highest BCUT2D eigenvalue weighted by atomic mass is 16.2. The molecule has 3 N–H and O–H groups in total. The van der Waals surface area contributed by atoms with Crippen molar-refractivity contribution in [2.24, 2.45) is 5.92 Å². The molecule has 3 saturated heterocycles. The van der Waals surface area contributed by atoms with Crippen LogP contribution in [0.5, 0.6) is 0 Å². The van der Waals surface area contributed by atoms with Crippen LogP contribution in [0.1, 0.15) is 52.0 Å². The fourth-order valence-electron chi connectivity index (χ4n) is 6.26. The number of carbonyl (C=O) groups excluding carboxylic acids is 5. The number of hydrogen-bond acceptors (Lipinski definition) is 8. The summed E-state index contributed by atoms with van der Waals surface area (Å²) in [6, 6.07) is 12.4. The third-order valence-corrected chi connectivity index (χ3v) is 8.56. The Morgan fingerprint density at radius 2 is 1.59 bits per heavy atom. The van der Waals surface area contributed by atoms with E-state index in [9.17, 15) is 24.0 Å². The number of para-hydroxylation sites is 1. The van der Waals surface area contributed by atoms with Gasteiger partial charge < -0.3 is 20.4 Å². The Morgan fingerprint density at radius 1 is 0.854 bits per heavy atom. The van der Waals surface area contributed by atoms with Gasteiger partial charge >= 0.3 is 0 Å². The summed E-state index contributed by atoms with van der Waals surface area (Å²) in [6.07, 6.45) is 1.56. The largest absolute Gasteiger partial charge is 0.371 e. The lowest BCUT2D eigenvalue weighted by Gasteiger charge is -2.33. The first-order valence-electron chi connectivity index (χ1n) is 14.3. The van der Waals surface area contributed by atoms with Crippen molar-refractivity contribution in [2.45, 2.75) is 38.3 Å². The van der Waals surface area contributed by atoms with E-state index in [1.165, 1.54) is 5.69 Å². The molecule has 41 heavy (non-hydrogen) atoms. The highest BCUT2D eigenvalue weighted by Crippen LogP contribution is 2.32. The van der Waals surface area contributed by atoms with Crippen molar-refractivity contribution in [2.75, 3.05) is 49.1 Å². The molecule has 0 radical (unpaired) electrons. The van der Waals surface area contributed by atoms with Crippen LogP contribution in [-0.2, 0) is 20.9 Å². The van der Waals surface area contributed by atoms with Crippen LogP contribution in [0.4, 0.5) is 11.4 Å². The number of benzene rings is 2. The van der Waals surface area contributed by atoms with Crippen LogP contribution in [0.2, 0.25) is 0 Å². The summed E-state index contributed by atoms with van der Waals surface area (Å²) < 4.78 is 0. The van der Waals surface area contributed by atoms with Crippen molar-refractivity contribution in [1.29, 1.82) is 0 Å². The predicted molar refractivity (Wildman–Crippen MR) is 151 cm³/mol. The summed E-state index contributed by atoms with van der Waals surface area (Å²) in [5.41, 5.74) is 3.62. The number of rotatable bonds is 6. The summed E-state index contributed by atoms with van der Waals surface area (Å²) in [4.78, 5) is 68.6. The molecule has 0 saturated carbocycles. The minimum absolute atomic E-state index is 0.0503. The molecule has 214 valence electrons. The highest BCUT2D eigenvalue weighted by molar-refractivity contribution is 6.23.